The quantitative estimate of drug-likeness (QED) is 0.548. The first-order chi connectivity index (χ1) is 8.97. The molecule has 0 aromatic rings. The maximum Gasteiger partial charge on any atom is 0.435 e. The fraction of sp³-hybridized carbons (Fsp3) is 0.867. The van der Waals surface area contributed by atoms with Gasteiger partial charge in [-0.1, -0.05) is 28.2 Å². The molecule has 2 rings (SSSR count). The maximum atomic E-state index is 11.9. The van der Waals surface area contributed by atoms with Gasteiger partial charge in [-0.05, 0) is 19.3 Å². The number of hydrogen-bond acceptors (Lipinski definition) is 3. The van der Waals surface area contributed by atoms with Gasteiger partial charge in [0.25, 0.3) is 0 Å². The van der Waals surface area contributed by atoms with Crippen molar-refractivity contribution in [2.75, 3.05) is 26.3 Å². The molecule has 0 aromatic heterocycles. The predicted molar refractivity (Wildman–Crippen MR) is 80.1 cm³/mol. The third-order valence-electron chi connectivity index (χ3n) is 3.50. The molecule has 116 valence electrons. The van der Waals surface area contributed by atoms with Crippen LogP contribution >= 0.6 is 0 Å². The van der Waals surface area contributed by atoms with Crippen LogP contribution < -0.4 is 0 Å². The van der Waals surface area contributed by atoms with Gasteiger partial charge in [0.1, 0.15) is 11.9 Å². The van der Waals surface area contributed by atoms with Crippen LogP contribution in [0.2, 0.25) is 0 Å². The molecule has 1 aliphatic carbocycles. The van der Waals surface area contributed by atoms with Gasteiger partial charge in [0.15, 0.2) is 0 Å². The second-order valence-electron chi connectivity index (χ2n) is 6.22. The van der Waals surface area contributed by atoms with Gasteiger partial charge < -0.3 is 14.4 Å². The second-order valence-corrected chi connectivity index (χ2v) is 6.22. The molecule has 0 unspecified atom stereocenters. The average Bonchev–Trinajstić information content (AvgIpc) is 2.30. The van der Waals surface area contributed by atoms with E-state index >= 15 is 0 Å². The first-order valence-corrected chi connectivity index (χ1v) is 7.09. The summed E-state index contributed by atoms with van der Waals surface area (Å²) in [6, 6.07) is 0. The fourth-order valence-corrected chi connectivity index (χ4v) is 2.23. The summed E-state index contributed by atoms with van der Waals surface area (Å²) in [4.78, 5) is 18.2. The summed E-state index contributed by atoms with van der Waals surface area (Å²) in [5.74, 6) is 0.806. The van der Waals surface area contributed by atoms with Crippen molar-refractivity contribution in [3.63, 3.8) is 0 Å². The predicted octanol–water partition coefficient (Wildman–Crippen LogP) is 3.09. The van der Waals surface area contributed by atoms with E-state index in [0.29, 0.717) is 13.2 Å². The van der Waals surface area contributed by atoms with Crippen LogP contribution in [0.3, 0.4) is 0 Å². The lowest BCUT2D eigenvalue weighted by atomic mass is 9.93. The van der Waals surface area contributed by atoms with E-state index in [0.717, 1.165) is 38.2 Å². The van der Waals surface area contributed by atoms with Crippen LogP contribution in [-0.4, -0.2) is 49.2 Å². The number of carbonyl (C=O) groups is 1. The molecule has 0 bridgehead atoms. The van der Waals surface area contributed by atoms with E-state index in [1.54, 1.807) is 0 Å². The van der Waals surface area contributed by atoms with E-state index in [-0.39, 0.29) is 18.9 Å². The number of carbonyl (C=O) groups excluding carboxylic acids is 1. The molecule has 1 heterocycles. The topological polar surface area (TPSA) is 51.1 Å². The van der Waals surface area contributed by atoms with Gasteiger partial charge in [0.05, 0.1) is 13.2 Å². The van der Waals surface area contributed by atoms with Crippen LogP contribution in [-0.2, 0) is 9.47 Å². The van der Waals surface area contributed by atoms with Crippen molar-refractivity contribution in [3.8, 4) is 0 Å². The monoisotopic (exact) mass is 284 g/mol. The van der Waals surface area contributed by atoms with Crippen LogP contribution in [0, 0.1) is 5.41 Å². The molecule has 1 saturated carbocycles. The van der Waals surface area contributed by atoms with Crippen LogP contribution in [0.25, 0.3) is 0 Å². The molecule has 0 aromatic carbocycles. The highest BCUT2D eigenvalue weighted by Gasteiger charge is 2.29. The minimum absolute atomic E-state index is 0. The number of amidine groups is 1. The number of amides is 1. The van der Waals surface area contributed by atoms with Gasteiger partial charge >= 0.3 is 6.09 Å². The lowest BCUT2D eigenvalue weighted by Crippen LogP contribution is -2.46. The molecule has 0 radical (unpaired) electrons. The molecule has 0 spiro atoms. The molecule has 5 nitrogen and oxygen atoms in total. The van der Waals surface area contributed by atoms with Gasteiger partial charge in [-0.2, -0.15) is 4.99 Å². The van der Waals surface area contributed by atoms with E-state index in [1.807, 2.05) is 0 Å². The Morgan fingerprint density at radius 1 is 1.25 bits per heavy atom. The van der Waals surface area contributed by atoms with Gasteiger partial charge in [-0.3, -0.25) is 0 Å². The van der Waals surface area contributed by atoms with Crippen molar-refractivity contribution in [1.29, 1.82) is 0 Å². The van der Waals surface area contributed by atoms with E-state index < -0.39 is 6.09 Å². The summed E-state index contributed by atoms with van der Waals surface area (Å²) < 4.78 is 10.7. The normalized spacial score (nSPS) is 20.9. The third kappa shape index (κ3) is 4.47. The van der Waals surface area contributed by atoms with Gasteiger partial charge in [0, 0.05) is 18.5 Å². The number of hydrogen-bond donors (Lipinski definition) is 0. The molecule has 2 fully saturated rings. The zero-order chi connectivity index (χ0) is 13.9. The van der Waals surface area contributed by atoms with Crippen molar-refractivity contribution < 1.29 is 14.3 Å². The van der Waals surface area contributed by atoms with Crippen molar-refractivity contribution >= 4 is 11.9 Å². The van der Waals surface area contributed by atoms with E-state index in [2.05, 4.69) is 30.7 Å². The SMILES string of the molecule is C.CC(C)(C)C(=NC(=O)OC1CCC1)N1CCOCC1. The molecule has 0 atom stereocenters. The maximum absolute atomic E-state index is 11.9. The first kappa shape index (κ1) is 17.0. The zero-order valence-electron chi connectivity index (χ0n) is 12.1. The van der Waals surface area contributed by atoms with E-state index in [9.17, 15) is 4.79 Å². The van der Waals surface area contributed by atoms with E-state index in [1.165, 1.54) is 0 Å². The van der Waals surface area contributed by atoms with Crippen LogP contribution in [0.4, 0.5) is 4.79 Å². The zero-order valence-corrected chi connectivity index (χ0v) is 12.1. The summed E-state index contributed by atoms with van der Waals surface area (Å²) in [7, 11) is 0. The summed E-state index contributed by atoms with van der Waals surface area (Å²) in [6.45, 7) is 9.15. The number of nitrogens with zero attached hydrogens (tertiary/aromatic N) is 2. The molecular weight excluding hydrogens is 256 g/mol. The van der Waals surface area contributed by atoms with Crippen molar-refractivity contribution in [2.45, 2.75) is 53.6 Å². The van der Waals surface area contributed by atoms with Crippen molar-refractivity contribution in [2.24, 2.45) is 10.4 Å². The van der Waals surface area contributed by atoms with Crippen molar-refractivity contribution in [1.82, 2.24) is 4.90 Å². The van der Waals surface area contributed by atoms with E-state index in [4.69, 9.17) is 9.47 Å². The largest absolute Gasteiger partial charge is 0.445 e. The average molecular weight is 284 g/mol. The number of ether oxygens (including phenoxy) is 2. The van der Waals surface area contributed by atoms with Crippen LogP contribution in [0.1, 0.15) is 47.5 Å². The molecule has 20 heavy (non-hydrogen) atoms. The molecule has 1 aliphatic heterocycles. The Hall–Kier alpha value is -1.10. The van der Waals surface area contributed by atoms with Gasteiger partial charge in [-0.15, -0.1) is 0 Å². The molecule has 1 amide bonds. The third-order valence-corrected chi connectivity index (χ3v) is 3.50. The summed E-state index contributed by atoms with van der Waals surface area (Å²) in [5.41, 5.74) is -0.171. The summed E-state index contributed by atoms with van der Waals surface area (Å²) >= 11 is 0. The Kier molecular flexibility index (Phi) is 5.99. The summed E-state index contributed by atoms with van der Waals surface area (Å²) in [6.07, 6.45) is 2.74. The highest BCUT2D eigenvalue weighted by Crippen LogP contribution is 2.24. The molecular formula is C15H28N2O3. The first-order valence-electron chi connectivity index (χ1n) is 7.09. The Bertz CT molecular complexity index is 351. The minimum atomic E-state index is -0.443. The fourth-order valence-electron chi connectivity index (χ4n) is 2.23. The highest BCUT2D eigenvalue weighted by atomic mass is 16.6. The van der Waals surface area contributed by atoms with Gasteiger partial charge in [0.2, 0.25) is 0 Å². The summed E-state index contributed by atoms with van der Waals surface area (Å²) in [5, 5.41) is 0. The Morgan fingerprint density at radius 2 is 1.85 bits per heavy atom. The van der Waals surface area contributed by atoms with Crippen LogP contribution in [0.15, 0.2) is 4.99 Å². The number of rotatable bonds is 1. The molecule has 5 heteroatoms. The lowest BCUT2D eigenvalue weighted by molar-refractivity contribution is 0.0557. The molecule has 0 N–H and O–H groups in total. The number of aliphatic imine (C=N–C) groups is 1. The Balaban J connectivity index is 0.00000200. The Labute approximate surface area is 122 Å². The lowest BCUT2D eigenvalue weighted by Gasteiger charge is -2.36. The molecule has 1 saturated heterocycles. The number of morpholine rings is 1. The standard InChI is InChI=1S/C14H24N2O3.CH4/c1-14(2,3)12(16-7-9-18-10-8-16)15-13(17)19-11-5-4-6-11;/h11H,4-10H2,1-3H3;1H4. The Morgan fingerprint density at radius 3 is 2.30 bits per heavy atom. The highest BCUT2D eigenvalue weighted by molar-refractivity contribution is 5.95. The minimum Gasteiger partial charge on any atom is -0.445 e. The van der Waals surface area contributed by atoms with Gasteiger partial charge in [-0.25, -0.2) is 4.79 Å². The van der Waals surface area contributed by atoms with Crippen molar-refractivity contribution in [3.05, 3.63) is 0 Å². The van der Waals surface area contributed by atoms with Crippen LogP contribution in [0.5, 0.6) is 0 Å². The molecule has 2 aliphatic rings. The second kappa shape index (κ2) is 7.07. The smallest absolute Gasteiger partial charge is 0.435 e.